The third-order valence-electron chi connectivity index (χ3n) is 8.70. The van der Waals surface area contributed by atoms with Crippen LogP contribution in [0.2, 0.25) is 0 Å². The summed E-state index contributed by atoms with van der Waals surface area (Å²) in [5.41, 5.74) is 9.34. The van der Waals surface area contributed by atoms with Crippen molar-refractivity contribution in [2.45, 2.75) is 13.8 Å². The van der Waals surface area contributed by atoms with Crippen molar-refractivity contribution in [3.05, 3.63) is 169 Å². The Morgan fingerprint density at radius 3 is 1.36 bits per heavy atom. The highest BCUT2D eigenvalue weighted by Gasteiger charge is 2.23. The van der Waals surface area contributed by atoms with Gasteiger partial charge in [-0.3, -0.25) is 0 Å². The van der Waals surface area contributed by atoms with Gasteiger partial charge in [0.1, 0.15) is 0 Å². The van der Waals surface area contributed by atoms with Gasteiger partial charge in [0, 0.05) is 33.5 Å². The van der Waals surface area contributed by atoms with Crippen molar-refractivity contribution in [2.24, 2.45) is 0 Å². The molecule has 0 saturated heterocycles. The molecule has 0 amide bonds. The van der Waals surface area contributed by atoms with Gasteiger partial charge in [0.2, 0.25) is 0 Å². The largest absolute Gasteiger partial charge is 0.310 e. The summed E-state index contributed by atoms with van der Waals surface area (Å²) in [5, 5.41) is 7.55. The molecular weight excluding hydrogens is 532 g/mol. The monoisotopic (exact) mass is 564 g/mol. The van der Waals surface area contributed by atoms with Gasteiger partial charge in [-0.05, 0) is 96.1 Å². The Bertz CT molecular complexity index is 2200. The predicted molar refractivity (Wildman–Crippen MR) is 189 cm³/mol. The summed E-state index contributed by atoms with van der Waals surface area (Å²) in [4.78, 5) is 4.80. The molecule has 0 N–H and O–H groups in total. The molecule has 8 rings (SSSR count). The van der Waals surface area contributed by atoms with Crippen molar-refractivity contribution in [3.8, 4) is 0 Å². The topological polar surface area (TPSA) is 6.48 Å². The first-order valence-electron chi connectivity index (χ1n) is 15.2. The number of aryl methyl sites for hydroxylation is 2. The van der Waals surface area contributed by atoms with Gasteiger partial charge >= 0.3 is 0 Å². The molecule has 2 nitrogen and oxygen atoms in total. The number of hydrogen-bond acceptors (Lipinski definition) is 2. The minimum atomic E-state index is 1.13. The Labute approximate surface area is 258 Å². The third kappa shape index (κ3) is 4.35. The number of rotatable bonds is 6. The molecular formula is C42H32N2. The van der Waals surface area contributed by atoms with Crippen LogP contribution in [-0.4, -0.2) is 0 Å². The van der Waals surface area contributed by atoms with Crippen molar-refractivity contribution in [2.75, 3.05) is 9.80 Å². The first kappa shape index (κ1) is 26.1. The van der Waals surface area contributed by atoms with Crippen molar-refractivity contribution in [1.82, 2.24) is 0 Å². The van der Waals surface area contributed by atoms with E-state index in [9.17, 15) is 0 Å². The van der Waals surface area contributed by atoms with Gasteiger partial charge in [-0.15, -0.1) is 0 Å². The number of para-hydroxylation sites is 2. The minimum Gasteiger partial charge on any atom is -0.310 e. The van der Waals surface area contributed by atoms with Gasteiger partial charge in [-0.1, -0.05) is 108 Å². The van der Waals surface area contributed by atoms with E-state index in [0.29, 0.717) is 0 Å². The normalized spacial score (nSPS) is 11.4. The van der Waals surface area contributed by atoms with Crippen LogP contribution >= 0.6 is 0 Å². The number of nitrogens with zero attached hydrogens (tertiary/aromatic N) is 2. The second-order valence-corrected chi connectivity index (χ2v) is 11.6. The summed E-state index contributed by atoms with van der Waals surface area (Å²) in [7, 11) is 0. The molecule has 8 aromatic rings. The number of hydrogen-bond donors (Lipinski definition) is 0. The molecule has 0 bridgehead atoms. The molecule has 2 heteroatoms. The maximum absolute atomic E-state index is 2.41. The van der Waals surface area contributed by atoms with Crippen LogP contribution in [0.5, 0.6) is 0 Å². The fourth-order valence-corrected chi connectivity index (χ4v) is 6.56. The van der Waals surface area contributed by atoms with E-state index < -0.39 is 0 Å². The summed E-state index contributed by atoms with van der Waals surface area (Å²) in [6.07, 6.45) is 0. The van der Waals surface area contributed by atoms with Crippen LogP contribution in [0.4, 0.5) is 34.1 Å². The molecule has 0 spiro atoms. The van der Waals surface area contributed by atoms with Crippen molar-refractivity contribution in [1.29, 1.82) is 0 Å². The van der Waals surface area contributed by atoms with E-state index in [0.717, 1.165) is 34.1 Å². The lowest BCUT2D eigenvalue weighted by Gasteiger charge is -2.31. The second-order valence-electron chi connectivity index (χ2n) is 11.6. The average molecular weight is 565 g/mol. The van der Waals surface area contributed by atoms with Crippen LogP contribution in [0.15, 0.2) is 158 Å². The Kier molecular flexibility index (Phi) is 6.27. The number of benzene rings is 8. The second kappa shape index (κ2) is 10.6. The first-order valence-corrected chi connectivity index (χ1v) is 15.2. The lowest BCUT2D eigenvalue weighted by Crippen LogP contribution is -2.12. The Hall–Kier alpha value is -5.60. The average Bonchev–Trinajstić information content (AvgIpc) is 3.07. The summed E-state index contributed by atoms with van der Waals surface area (Å²) >= 11 is 0. The first-order chi connectivity index (χ1) is 21.7. The number of anilines is 6. The highest BCUT2D eigenvalue weighted by molar-refractivity contribution is 6.29. The van der Waals surface area contributed by atoms with Crippen molar-refractivity contribution >= 4 is 66.4 Å². The quantitative estimate of drug-likeness (QED) is 0.185. The van der Waals surface area contributed by atoms with E-state index in [4.69, 9.17) is 0 Å². The van der Waals surface area contributed by atoms with Crippen LogP contribution < -0.4 is 9.80 Å². The third-order valence-corrected chi connectivity index (χ3v) is 8.70. The van der Waals surface area contributed by atoms with Gasteiger partial charge < -0.3 is 9.80 Å². The van der Waals surface area contributed by atoms with E-state index in [1.807, 2.05) is 0 Å². The van der Waals surface area contributed by atoms with E-state index in [2.05, 4.69) is 181 Å². The molecule has 44 heavy (non-hydrogen) atoms. The van der Waals surface area contributed by atoms with E-state index in [1.165, 1.54) is 43.4 Å². The molecule has 0 atom stereocenters. The van der Waals surface area contributed by atoms with Crippen molar-refractivity contribution in [3.63, 3.8) is 0 Å². The zero-order valence-electron chi connectivity index (χ0n) is 24.9. The maximum atomic E-state index is 2.41. The van der Waals surface area contributed by atoms with Crippen LogP contribution in [0, 0.1) is 13.8 Å². The Balaban J connectivity index is 1.50. The molecule has 8 aromatic carbocycles. The van der Waals surface area contributed by atoms with Gasteiger partial charge in [-0.25, -0.2) is 0 Å². The van der Waals surface area contributed by atoms with Crippen LogP contribution in [0.3, 0.4) is 0 Å². The molecule has 0 aromatic heterocycles. The Morgan fingerprint density at radius 1 is 0.341 bits per heavy atom. The van der Waals surface area contributed by atoms with Crippen LogP contribution in [0.1, 0.15) is 11.1 Å². The van der Waals surface area contributed by atoms with Crippen LogP contribution in [0.25, 0.3) is 32.3 Å². The highest BCUT2D eigenvalue weighted by atomic mass is 15.2. The molecule has 0 aliphatic carbocycles. The molecule has 0 unspecified atom stereocenters. The van der Waals surface area contributed by atoms with Gasteiger partial charge in [0.05, 0.1) is 11.4 Å². The molecule has 0 aliphatic heterocycles. The maximum Gasteiger partial charge on any atom is 0.0547 e. The molecule has 0 saturated carbocycles. The summed E-state index contributed by atoms with van der Waals surface area (Å²) in [5.74, 6) is 0. The smallest absolute Gasteiger partial charge is 0.0547 e. The molecule has 0 radical (unpaired) electrons. The Morgan fingerprint density at radius 2 is 0.795 bits per heavy atom. The molecule has 0 fully saturated rings. The van der Waals surface area contributed by atoms with E-state index in [-0.39, 0.29) is 0 Å². The fraction of sp³-hybridized carbons (Fsp3) is 0.0476. The minimum absolute atomic E-state index is 1.13. The molecule has 210 valence electrons. The molecule has 0 aliphatic rings. The van der Waals surface area contributed by atoms with E-state index >= 15 is 0 Å². The zero-order valence-corrected chi connectivity index (χ0v) is 24.9. The molecule has 0 heterocycles. The van der Waals surface area contributed by atoms with Gasteiger partial charge in [0.25, 0.3) is 0 Å². The summed E-state index contributed by atoms with van der Waals surface area (Å²) in [6.45, 7) is 4.28. The highest BCUT2D eigenvalue weighted by Crippen LogP contribution is 2.49. The SMILES string of the molecule is Cc1ccc(N(c2ccccc2)c2cc3c(N(c4ccccc4)c4ccc(C)cc4)ccc4ccc5cccc2c5c43)cc1. The van der Waals surface area contributed by atoms with Crippen molar-refractivity contribution < 1.29 is 0 Å². The summed E-state index contributed by atoms with van der Waals surface area (Å²) < 4.78 is 0. The fourth-order valence-electron chi connectivity index (χ4n) is 6.56. The van der Waals surface area contributed by atoms with Gasteiger partial charge in [0.15, 0.2) is 0 Å². The lowest BCUT2D eigenvalue weighted by molar-refractivity contribution is 1.28. The lowest BCUT2D eigenvalue weighted by atomic mass is 9.91. The van der Waals surface area contributed by atoms with Crippen LogP contribution in [-0.2, 0) is 0 Å². The van der Waals surface area contributed by atoms with E-state index in [1.54, 1.807) is 0 Å². The summed E-state index contributed by atoms with van der Waals surface area (Å²) in [6, 6.07) is 57.4. The van der Waals surface area contributed by atoms with Gasteiger partial charge in [-0.2, -0.15) is 0 Å². The zero-order chi connectivity index (χ0) is 29.6. The predicted octanol–water partition coefficient (Wildman–Crippen LogP) is 12.1. The standard InChI is InChI=1S/C42H32N2/c1-29-16-23-35(24-17-29)43(33-11-5-3-6-12-33)39-27-22-32-21-20-31-10-9-15-37-40(28-38(39)42(32)41(31)37)44(34-13-7-4-8-14-34)36-25-18-30(2)19-26-36/h3-28H,1-2H3.